The van der Waals surface area contributed by atoms with Crippen molar-refractivity contribution < 1.29 is 11.0 Å². The van der Waals surface area contributed by atoms with Crippen LogP contribution in [-0.4, -0.2) is 46.2 Å². The van der Waals surface area contributed by atoms with Gasteiger partial charge >= 0.3 is 0 Å². The molecule has 1 aromatic heterocycles. The maximum absolute atomic E-state index is 8.09. The number of nitrogens with one attached hydrogen (secondary N) is 1. The third-order valence-corrected chi connectivity index (χ3v) is 2.11. The molecule has 6 heteroatoms. The van der Waals surface area contributed by atoms with E-state index in [9.17, 15) is 0 Å². The van der Waals surface area contributed by atoms with E-state index in [0.717, 1.165) is 4.68 Å². The van der Waals surface area contributed by atoms with Gasteiger partial charge in [0, 0.05) is 31.5 Å². The lowest BCUT2D eigenvalue weighted by molar-refractivity contribution is 0.575. The highest BCUT2D eigenvalue weighted by molar-refractivity contribution is 5.40. The average molecular weight is 238 g/mol. The summed E-state index contributed by atoms with van der Waals surface area (Å²) >= 11 is 0. The maximum Gasteiger partial charge on any atom is 0.250 e. The van der Waals surface area contributed by atoms with Crippen LogP contribution in [0, 0.1) is 0 Å². The van der Waals surface area contributed by atoms with Crippen molar-refractivity contribution in [3.63, 3.8) is 0 Å². The number of aromatic nitrogens is 4. The Morgan fingerprint density at radius 3 is 2.71 bits per heavy atom. The van der Waals surface area contributed by atoms with Gasteiger partial charge in [-0.1, -0.05) is 23.3 Å². The first kappa shape index (κ1) is 4.73. The Hall–Kier alpha value is -1.95. The van der Waals surface area contributed by atoms with Crippen molar-refractivity contribution in [3.05, 3.63) is 30.3 Å². The van der Waals surface area contributed by atoms with E-state index in [4.69, 9.17) is 11.0 Å². The third kappa shape index (κ3) is 1.99. The lowest BCUT2D eigenvalue weighted by atomic mass is 10.3. The Balaban J connectivity index is 2.22. The molecule has 0 atom stereocenters. The maximum atomic E-state index is 8.09. The molecule has 0 unspecified atom stereocenters. The van der Waals surface area contributed by atoms with Gasteiger partial charge in [-0.3, -0.25) is 0 Å². The van der Waals surface area contributed by atoms with Crippen LogP contribution in [0.5, 0.6) is 0 Å². The highest BCUT2D eigenvalue weighted by atomic mass is 15.6. The van der Waals surface area contributed by atoms with Crippen molar-refractivity contribution in [1.82, 2.24) is 25.5 Å². The van der Waals surface area contributed by atoms with E-state index >= 15 is 0 Å². The van der Waals surface area contributed by atoms with Crippen molar-refractivity contribution in [1.29, 1.82) is 0 Å². The average Bonchev–Trinajstić information content (AvgIpc) is 2.94. The van der Waals surface area contributed by atoms with Gasteiger partial charge < -0.3 is 10.2 Å². The van der Waals surface area contributed by atoms with Crippen molar-refractivity contribution in [2.24, 2.45) is 0 Å². The van der Waals surface area contributed by atoms with Crippen LogP contribution >= 0.6 is 0 Å². The third-order valence-electron chi connectivity index (χ3n) is 2.11. The molecule has 0 saturated carbocycles. The molecule has 0 amide bonds. The molecule has 17 heavy (non-hydrogen) atoms. The van der Waals surface area contributed by atoms with E-state index in [1.165, 1.54) is 0 Å². The summed E-state index contributed by atoms with van der Waals surface area (Å²) in [5.74, 6) is -0.463. The number of benzene rings is 1. The van der Waals surface area contributed by atoms with Crippen LogP contribution in [0.3, 0.4) is 0 Å². The summed E-state index contributed by atoms with van der Waals surface area (Å²) in [5, 5.41) is 12.5. The standard InChI is InChI=1S/C11H14N6/c1-2-4-10(5-3-1)17-11(13-14-15-17)16-8-6-12-7-9-16/h1-5,12H,6-9H2/i6D2,7D2,8D2,9D2. The van der Waals surface area contributed by atoms with E-state index in [-0.39, 0.29) is 0 Å². The Labute approximate surface area is 110 Å². The van der Waals surface area contributed by atoms with Gasteiger partial charge in [-0.05, 0) is 22.6 Å². The van der Waals surface area contributed by atoms with Crippen LogP contribution in [0.15, 0.2) is 30.3 Å². The first-order valence-electron chi connectivity index (χ1n) is 8.85. The summed E-state index contributed by atoms with van der Waals surface area (Å²) < 4.78 is 64.7. The second-order valence-electron chi connectivity index (χ2n) is 3.16. The summed E-state index contributed by atoms with van der Waals surface area (Å²) in [6.07, 6.45) is 0. The molecule has 1 saturated heterocycles. The van der Waals surface area contributed by atoms with Crippen LogP contribution in [0.1, 0.15) is 11.0 Å². The molecule has 1 N–H and O–H groups in total. The monoisotopic (exact) mass is 238 g/mol. The molecule has 1 aliphatic rings. The largest absolute Gasteiger partial charge is 0.337 e. The van der Waals surface area contributed by atoms with E-state index < -0.39 is 31.9 Å². The van der Waals surface area contributed by atoms with E-state index in [1.807, 2.05) is 0 Å². The summed E-state index contributed by atoms with van der Waals surface area (Å²) in [7, 11) is 0. The topological polar surface area (TPSA) is 58.9 Å². The van der Waals surface area contributed by atoms with E-state index in [0.29, 0.717) is 10.6 Å². The van der Waals surface area contributed by atoms with Crippen molar-refractivity contribution in [3.8, 4) is 5.69 Å². The SMILES string of the molecule is [2H]C1([2H])NC([2H])([2H])C([2H])([2H])N(c2nnnn2-c2ccccc2)C1([2H])[2H]. The molecule has 0 radical (unpaired) electrons. The minimum absolute atomic E-state index is 0.295. The minimum Gasteiger partial charge on any atom is -0.337 e. The summed E-state index contributed by atoms with van der Waals surface area (Å²) in [6, 6.07) is 8.25. The van der Waals surface area contributed by atoms with Gasteiger partial charge in [-0.15, -0.1) is 0 Å². The predicted molar refractivity (Wildman–Crippen MR) is 64.2 cm³/mol. The van der Waals surface area contributed by atoms with E-state index in [2.05, 4.69) is 15.5 Å². The zero-order valence-corrected chi connectivity index (χ0v) is 8.62. The number of tetrazole rings is 1. The Kier molecular flexibility index (Phi) is 1.25. The number of hydrogen-bond donors (Lipinski definition) is 1. The molecule has 1 aromatic carbocycles. The molecule has 0 spiro atoms. The predicted octanol–water partition coefficient (Wildman–Crippen LogP) is 0.0719. The zero-order valence-electron chi connectivity index (χ0n) is 16.6. The Morgan fingerprint density at radius 2 is 1.94 bits per heavy atom. The van der Waals surface area contributed by atoms with Gasteiger partial charge in [-0.2, -0.15) is 4.68 Å². The fourth-order valence-corrected chi connectivity index (χ4v) is 1.39. The smallest absolute Gasteiger partial charge is 0.250 e. The first-order valence-corrected chi connectivity index (χ1v) is 4.85. The number of hydrogen-bond acceptors (Lipinski definition) is 5. The molecule has 1 aliphatic heterocycles. The molecule has 1 fully saturated rings. The molecule has 2 aromatic rings. The number of piperazine rings is 1. The van der Waals surface area contributed by atoms with Crippen LogP contribution < -0.4 is 10.2 Å². The highest BCUT2D eigenvalue weighted by Crippen LogP contribution is 2.15. The van der Waals surface area contributed by atoms with Crippen LogP contribution in [0.2, 0.25) is 0 Å². The molecular formula is C11H14N6. The quantitative estimate of drug-likeness (QED) is 0.802. The van der Waals surface area contributed by atoms with Crippen molar-refractivity contribution in [2.75, 3.05) is 30.9 Å². The molecule has 0 bridgehead atoms. The molecule has 88 valence electrons. The first-order chi connectivity index (χ1) is 11.4. The van der Waals surface area contributed by atoms with Crippen LogP contribution in [-0.2, 0) is 0 Å². The van der Waals surface area contributed by atoms with Gasteiger partial charge in [0.2, 0.25) is 5.95 Å². The number of para-hydroxylation sites is 1. The zero-order chi connectivity index (χ0) is 18.7. The Morgan fingerprint density at radius 1 is 1.18 bits per heavy atom. The fourth-order valence-electron chi connectivity index (χ4n) is 1.39. The van der Waals surface area contributed by atoms with E-state index in [1.54, 1.807) is 35.6 Å². The summed E-state index contributed by atoms with van der Waals surface area (Å²) in [4.78, 5) is 0.295. The second kappa shape index (κ2) is 4.50. The highest BCUT2D eigenvalue weighted by Gasteiger charge is 2.17. The van der Waals surface area contributed by atoms with Crippen molar-refractivity contribution >= 4 is 5.95 Å². The molecular weight excluding hydrogens is 216 g/mol. The Bertz CT molecular complexity index is 750. The number of nitrogens with zero attached hydrogens (tertiary/aromatic N) is 5. The lowest BCUT2D eigenvalue weighted by Gasteiger charge is -2.27. The fraction of sp³-hybridized carbons (Fsp3) is 0.364. The molecule has 6 nitrogen and oxygen atoms in total. The van der Waals surface area contributed by atoms with Gasteiger partial charge in [0.1, 0.15) is 0 Å². The number of anilines is 1. The van der Waals surface area contributed by atoms with Crippen LogP contribution in [0.25, 0.3) is 5.69 Å². The van der Waals surface area contributed by atoms with Gasteiger partial charge in [0.15, 0.2) is 0 Å². The van der Waals surface area contributed by atoms with Crippen molar-refractivity contribution in [2.45, 2.75) is 0 Å². The summed E-state index contributed by atoms with van der Waals surface area (Å²) in [5.41, 5.74) is 0.383. The van der Waals surface area contributed by atoms with Gasteiger partial charge in [0.05, 0.1) is 11.2 Å². The normalized spacial score (nSPS) is 34.9. The van der Waals surface area contributed by atoms with Gasteiger partial charge in [-0.25, -0.2) is 0 Å². The number of rotatable bonds is 2. The molecule has 2 heterocycles. The lowest BCUT2D eigenvalue weighted by Crippen LogP contribution is -2.44. The minimum atomic E-state index is -3.00. The summed E-state index contributed by atoms with van der Waals surface area (Å²) in [6.45, 7) is -11.8. The second-order valence-corrected chi connectivity index (χ2v) is 3.16. The van der Waals surface area contributed by atoms with Crippen LogP contribution in [0.4, 0.5) is 5.95 Å². The van der Waals surface area contributed by atoms with Gasteiger partial charge in [0.25, 0.3) is 0 Å². The molecule has 3 rings (SSSR count). The molecule has 0 aliphatic carbocycles.